The fourth-order valence-electron chi connectivity index (χ4n) is 4.93. The van der Waals surface area contributed by atoms with Gasteiger partial charge in [0.25, 0.3) is 0 Å². The fraction of sp³-hybridized carbons (Fsp3) is 0.550. The third-order valence-corrected chi connectivity index (χ3v) is 6.15. The van der Waals surface area contributed by atoms with Crippen LogP contribution in [0.4, 0.5) is 10.1 Å². The summed E-state index contributed by atoms with van der Waals surface area (Å²) in [4.78, 5) is 40.8. The first kappa shape index (κ1) is 19.0. The molecule has 3 amide bonds. The second-order valence-electron chi connectivity index (χ2n) is 8.04. The van der Waals surface area contributed by atoms with Gasteiger partial charge in [0.15, 0.2) is 0 Å². The van der Waals surface area contributed by atoms with Crippen LogP contribution in [0.15, 0.2) is 18.2 Å². The zero-order valence-corrected chi connectivity index (χ0v) is 16.1. The normalized spacial score (nSPS) is 31.1. The number of imide groups is 1. The van der Waals surface area contributed by atoms with Crippen LogP contribution in [0.25, 0.3) is 0 Å². The van der Waals surface area contributed by atoms with Crippen molar-refractivity contribution in [2.45, 2.75) is 31.8 Å². The van der Waals surface area contributed by atoms with Crippen molar-refractivity contribution in [1.82, 2.24) is 10.2 Å². The lowest BCUT2D eigenvalue weighted by molar-refractivity contribution is -0.143. The summed E-state index contributed by atoms with van der Waals surface area (Å²) in [6.45, 7) is 4.56. The second-order valence-corrected chi connectivity index (χ2v) is 8.04. The number of ether oxygens (including phenoxy) is 1. The molecule has 0 aliphatic carbocycles. The minimum Gasteiger partial charge on any atom is -0.385 e. The van der Waals surface area contributed by atoms with E-state index in [-0.39, 0.29) is 30.3 Å². The molecule has 3 heterocycles. The Hall–Kier alpha value is -2.32. The third kappa shape index (κ3) is 2.44. The molecule has 4 rings (SSSR count). The molecule has 1 aromatic carbocycles. The van der Waals surface area contributed by atoms with E-state index in [0.29, 0.717) is 24.3 Å². The van der Waals surface area contributed by atoms with Crippen LogP contribution in [-0.2, 0) is 24.7 Å². The second kappa shape index (κ2) is 6.63. The first-order valence-corrected chi connectivity index (χ1v) is 9.56. The van der Waals surface area contributed by atoms with Crippen LogP contribution in [0, 0.1) is 23.6 Å². The average molecular weight is 389 g/mol. The highest BCUT2D eigenvalue weighted by molar-refractivity contribution is 6.15. The van der Waals surface area contributed by atoms with Crippen LogP contribution in [0.5, 0.6) is 0 Å². The molecule has 150 valence electrons. The van der Waals surface area contributed by atoms with Crippen LogP contribution in [0.3, 0.4) is 0 Å². The number of nitrogens with one attached hydrogen (secondary N) is 2. The van der Waals surface area contributed by atoms with Crippen LogP contribution >= 0.6 is 0 Å². The molecule has 0 aromatic heterocycles. The van der Waals surface area contributed by atoms with Crippen molar-refractivity contribution in [3.8, 4) is 0 Å². The highest BCUT2D eigenvalue weighted by Gasteiger charge is 2.70. The molecule has 0 radical (unpaired) electrons. The predicted octanol–water partition coefficient (Wildman–Crippen LogP) is 1.24. The molecule has 28 heavy (non-hydrogen) atoms. The molecule has 0 bridgehead atoms. The lowest BCUT2D eigenvalue weighted by atomic mass is 9.76. The van der Waals surface area contributed by atoms with Crippen molar-refractivity contribution >= 4 is 23.4 Å². The highest BCUT2D eigenvalue weighted by atomic mass is 19.1. The Morgan fingerprint density at radius 1 is 1.25 bits per heavy atom. The van der Waals surface area contributed by atoms with E-state index in [2.05, 4.69) is 10.6 Å². The molecule has 8 heteroatoms. The molecule has 2 unspecified atom stereocenters. The number of hydrogen-bond acceptors (Lipinski definition) is 5. The van der Waals surface area contributed by atoms with E-state index in [0.717, 1.165) is 0 Å². The SMILES string of the molecule is COCCCN1C(=O)[C@H]2C(C(C)C)NC3(C(=O)Nc4ccc(F)cc43)[C@H]2C1=O. The number of carbonyl (C=O) groups is 3. The Morgan fingerprint density at radius 3 is 2.68 bits per heavy atom. The summed E-state index contributed by atoms with van der Waals surface area (Å²) in [7, 11) is 1.56. The molecule has 2 fully saturated rings. The topological polar surface area (TPSA) is 87.7 Å². The van der Waals surface area contributed by atoms with E-state index in [9.17, 15) is 18.8 Å². The Balaban J connectivity index is 1.81. The van der Waals surface area contributed by atoms with Crippen LogP contribution in [-0.4, -0.2) is 48.9 Å². The summed E-state index contributed by atoms with van der Waals surface area (Å²) in [5, 5.41) is 6.04. The first-order chi connectivity index (χ1) is 13.3. The van der Waals surface area contributed by atoms with Gasteiger partial charge >= 0.3 is 0 Å². The van der Waals surface area contributed by atoms with Gasteiger partial charge in [-0.2, -0.15) is 0 Å². The van der Waals surface area contributed by atoms with Gasteiger partial charge in [-0.3, -0.25) is 24.6 Å². The number of rotatable bonds is 5. The van der Waals surface area contributed by atoms with Crippen molar-refractivity contribution in [1.29, 1.82) is 0 Å². The van der Waals surface area contributed by atoms with Gasteiger partial charge in [-0.05, 0) is 30.5 Å². The van der Waals surface area contributed by atoms with Crippen molar-refractivity contribution in [2.75, 3.05) is 25.6 Å². The van der Waals surface area contributed by atoms with Gasteiger partial charge < -0.3 is 10.1 Å². The number of carbonyl (C=O) groups excluding carboxylic acids is 3. The van der Waals surface area contributed by atoms with Gasteiger partial charge in [-0.15, -0.1) is 0 Å². The Kier molecular flexibility index (Phi) is 4.50. The Morgan fingerprint density at radius 2 is 2.00 bits per heavy atom. The Labute approximate surface area is 162 Å². The maximum absolute atomic E-state index is 14.0. The molecule has 2 saturated heterocycles. The largest absolute Gasteiger partial charge is 0.385 e. The predicted molar refractivity (Wildman–Crippen MR) is 98.7 cm³/mol. The van der Waals surface area contributed by atoms with Gasteiger partial charge in [0, 0.05) is 37.6 Å². The summed E-state index contributed by atoms with van der Waals surface area (Å²) >= 11 is 0. The summed E-state index contributed by atoms with van der Waals surface area (Å²) in [5.74, 6) is -3.09. The number of amides is 3. The number of nitrogens with zero attached hydrogens (tertiary/aromatic N) is 1. The average Bonchev–Trinajstić information content (AvgIpc) is 3.23. The number of halogens is 1. The smallest absolute Gasteiger partial charge is 0.250 e. The Bertz CT molecular complexity index is 858. The van der Waals surface area contributed by atoms with E-state index < -0.39 is 29.1 Å². The lowest BCUT2D eigenvalue weighted by Crippen LogP contribution is -2.54. The summed E-state index contributed by atoms with van der Waals surface area (Å²) in [6.07, 6.45) is 0.525. The molecule has 1 aromatic rings. The maximum atomic E-state index is 14.0. The number of methoxy groups -OCH3 is 1. The molecule has 7 nitrogen and oxygen atoms in total. The summed E-state index contributed by atoms with van der Waals surface area (Å²) in [6, 6.07) is 3.68. The first-order valence-electron chi connectivity index (χ1n) is 9.56. The monoisotopic (exact) mass is 389 g/mol. The maximum Gasteiger partial charge on any atom is 0.250 e. The number of benzene rings is 1. The zero-order chi connectivity index (χ0) is 20.2. The quantitative estimate of drug-likeness (QED) is 0.584. The fourth-order valence-corrected chi connectivity index (χ4v) is 4.93. The molecule has 1 spiro atoms. The van der Waals surface area contributed by atoms with Gasteiger partial charge in [0.05, 0.1) is 11.8 Å². The van der Waals surface area contributed by atoms with Crippen LogP contribution in [0.2, 0.25) is 0 Å². The molecule has 3 aliphatic heterocycles. The van der Waals surface area contributed by atoms with Crippen LogP contribution in [0.1, 0.15) is 25.8 Å². The molecular weight excluding hydrogens is 365 g/mol. The van der Waals surface area contributed by atoms with E-state index in [1.807, 2.05) is 13.8 Å². The van der Waals surface area contributed by atoms with E-state index in [1.165, 1.54) is 23.1 Å². The number of hydrogen-bond donors (Lipinski definition) is 2. The van der Waals surface area contributed by atoms with Gasteiger partial charge in [0.1, 0.15) is 11.4 Å². The van der Waals surface area contributed by atoms with E-state index in [4.69, 9.17) is 4.74 Å². The van der Waals surface area contributed by atoms with Crippen molar-refractivity contribution in [3.05, 3.63) is 29.6 Å². The van der Waals surface area contributed by atoms with Gasteiger partial charge in [0.2, 0.25) is 17.7 Å². The molecule has 2 N–H and O–H groups in total. The number of fused-ring (bicyclic) bond motifs is 4. The van der Waals surface area contributed by atoms with Crippen molar-refractivity contribution in [2.24, 2.45) is 17.8 Å². The molecule has 0 saturated carbocycles. The number of likely N-dealkylation sites (tertiary alicyclic amines) is 1. The summed E-state index contributed by atoms with van der Waals surface area (Å²) in [5.41, 5.74) is -0.560. The minimum atomic E-state index is -1.43. The van der Waals surface area contributed by atoms with Crippen LogP contribution < -0.4 is 10.6 Å². The van der Waals surface area contributed by atoms with Crippen molar-refractivity contribution in [3.63, 3.8) is 0 Å². The molecular formula is C20H24FN3O4. The molecule has 3 aliphatic rings. The van der Waals surface area contributed by atoms with Gasteiger partial charge in [-0.25, -0.2) is 4.39 Å². The van der Waals surface area contributed by atoms with E-state index >= 15 is 0 Å². The zero-order valence-electron chi connectivity index (χ0n) is 16.1. The lowest BCUT2D eigenvalue weighted by Gasteiger charge is -2.30. The highest BCUT2D eigenvalue weighted by Crippen LogP contribution is 2.53. The number of anilines is 1. The summed E-state index contributed by atoms with van der Waals surface area (Å²) < 4.78 is 19.1. The van der Waals surface area contributed by atoms with E-state index in [1.54, 1.807) is 7.11 Å². The third-order valence-electron chi connectivity index (χ3n) is 6.15. The minimum absolute atomic E-state index is 0.00737. The standard InChI is InChI=1S/C20H24FN3O4/c1-10(2)16-14-15(18(26)24(17(14)25)7-4-8-28-3)20(23-16)12-9-11(21)5-6-13(12)22-19(20)27/h5-6,9-10,14-16,23H,4,7-8H2,1-3H3,(H,22,27)/t14-,15-,16?,20?/m1/s1. The molecule has 4 atom stereocenters. The van der Waals surface area contributed by atoms with Crippen molar-refractivity contribution < 1.29 is 23.5 Å². The van der Waals surface area contributed by atoms with Gasteiger partial charge in [-0.1, -0.05) is 13.8 Å².